The van der Waals surface area contributed by atoms with Crippen LogP contribution >= 0.6 is 15.9 Å². The van der Waals surface area contributed by atoms with E-state index in [-0.39, 0.29) is 17.6 Å². The van der Waals surface area contributed by atoms with Crippen LogP contribution in [0, 0.1) is 11.6 Å². The minimum absolute atomic E-state index is 0.258. The first-order valence-corrected chi connectivity index (χ1v) is 7.44. The van der Waals surface area contributed by atoms with E-state index in [0.717, 1.165) is 6.07 Å². The molecule has 0 radical (unpaired) electrons. The van der Waals surface area contributed by atoms with E-state index in [9.17, 15) is 17.2 Å². The molecule has 1 aromatic rings. The number of hydrogen-bond donors (Lipinski definition) is 2. The van der Waals surface area contributed by atoms with Gasteiger partial charge >= 0.3 is 0 Å². The van der Waals surface area contributed by atoms with Gasteiger partial charge in [-0.1, -0.05) is 0 Å². The smallest absolute Gasteiger partial charge is 0.247 e. The van der Waals surface area contributed by atoms with E-state index in [1.807, 2.05) is 0 Å². The SMILES string of the molecule is O=S(=O)(c1c(F)cc(F)cc1Br)N(CCO)CCO. The Labute approximate surface area is 117 Å². The summed E-state index contributed by atoms with van der Waals surface area (Å²) in [6, 6.07) is 1.28. The van der Waals surface area contributed by atoms with Crippen molar-refractivity contribution in [2.75, 3.05) is 26.3 Å². The molecule has 0 heterocycles. The second-order valence-electron chi connectivity index (χ2n) is 3.55. The lowest BCUT2D eigenvalue weighted by Gasteiger charge is -2.21. The maximum atomic E-state index is 13.6. The summed E-state index contributed by atoms with van der Waals surface area (Å²) in [6.45, 7) is -1.57. The topological polar surface area (TPSA) is 77.8 Å². The van der Waals surface area contributed by atoms with Gasteiger partial charge in [0.05, 0.1) is 13.2 Å². The first-order valence-electron chi connectivity index (χ1n) is 5.21. The Morgan fingerprint density at radius 3 is 2.11 bits per heavy atom. The molecule has 0 aliphatic heterocycles. The minimum atomic E-state index is -4.28. The summed E-state index contributed by atoms with van der Waals surface area (Å²) in [5.74, 6) is -2.16. The molecule has 19 heavy (non-hydrogen) atoms. The van der Waals surface area contributed by atoms with Crippen LogP contribution in [-0.4, -0.2) is 49.2 Å². The fraction of sp³-hybridized carbons (Fsp3) is 0.400. The van der Waals surface area contributed by atoms with Gasteiger partial charge in [0.25, 0.3) is 0 Å². The Balaban J connectivity index is 3.33. The molecule has 108 valence electrons. The summed E-state index contributed by atoms with van der Waals surface area (Å²) < 4.78 is 51.4. The van der Waals surface area contributed by atoms with Crippen LogP contribution in [0.3, 0.4) is 0 Å². The second-order valence-corrected chi connectivity index (χ2v) is 6.28. The molecule has 1 aromatic carbocycles. The summed E-state index contributed by atoms with van der Waals surface area (Å²) in [6.07, 6.45) is 0. The molecule has 2 N–H and O–H groups in total. The van der Waals surface area contributed by atoms with Crippen molar-refractivity contribution in [3.8, 4) is 0 Å². The molecule has 0 saturated carbocycles. The molecule has 0 unspecified atom stereocenters. The Bertz CT molecular complexity index is 523. The van der Waals surface area contributed by atoms with E-state index >= 15 is 0 Å². The molecule has 0 bridgehead atoms. The zero-order chi connectivity index (χ0) is 14.6. The summed E-state index contributed by atoms with van der Waals surface area (Å²) in [5, 5.41) is 17.6. The molecule has 0 fully saturated rings. The Morgan fingerprint density at radius 1 is 1.16 bits per heavy atom. The number of halogens is 3. The summed E-state index contributed by atoms with van der Waals surface area (Å²) in [4.78, 5) is -0.726. The molecule has 0 aliphatic carbocycles. The zero-order valence-electron chi connectivity index (χ0n) is 9.68. The number of hydrogen-bond acceptors (Lipinski definition) is 4. The molecule has 5 nitrogen and oxygen atoms in total. The highest BCUT2D eigenvalue weighted by Gasteiger charge is 2.29. The maximum Gasteiger partial charge on any atom is 0.247 e. The van der Waals surface area contributed by atoms with Gasteiger partial charge in [-0.3, -0.25) is 0 Å². The van der Waals surface area contributed by atoms with Crippen LogP contribution in [0.15, 0.2) is 21.5 Å². The van der Waals surface area contributed by atoms with Crippen LogP contribution in [0.2, 0.25) is 0 Å². The highest BCUT2D eigenvalue weighted by Crippen LogP contribution is 2.28. The number of rotatable bonds is 6. The number of aliphatic hydroxyl groups excluding tert-OH is 2. The predicted octanol–water partition coefficient (Wildman–Crippen LogP) is 0.703. The molecule has 0 aliphatic rings. The van der Waals surface area contributed by atoms with Gasteiger partial charge in [0.15, 0.2) is 0 Å². The van der Waals surface area contributed by atoms with Crippen molar-refractivity contribution >= 4 is 26.0 Å². The molecule has 0 amide bonds. The van der Waals surface area contributed by atoms with Crippen LogP contribution in [0.25, 0.3) is 0 Å². The third kappa shape index (κ3) is 3.69. The van der Waals surface area contributed by atoms with E-state index in [1.165, 1.54) is 0 Å². The van der Waals surface area contributed by atoms with E-state index in [1.54, 1.807) is 0 Å². The van der Waals surface area contributed by atoms with Gasteiger partial charge in [0.1, 0.15) is 16.5 Å². The number of benzene rings is 1. The highest BCUT2D eigenvalue weighted by atomic mass is 79.9. The van der Waals surface area contributed by atoms with Gasteiger partial charge in [-0.25, -0.2) is 17.2 Å². The van der Waals surface area contributed by atoms with Gasteiger partial charge in [-0.2, -0.15) is 4.31 Å². The van der Waals surface area contributed by atoms with Crippen molar-refractivity contribution in [1.29, 1.82) is 0 Å². The third-order valence-electron chi connectivity index (χ3n) is 2.26. The van der Waals surface area contributed by atoms with E-state index in [0.29, 0.717) is 10.4 Å². The van der Waals surface area contributed by atoms with Gasteiger partial charge in [-0.05, 0) is 22.0 Å². The lowest BCUT2D eigenvalue weighted by molar-refractivity contribution is 0.217. The van der Waals surface area contributed by atoms with Crippen molar-refractivity contribution in [3.05, 3.63) is 28.2 Å². The van der Waals surface area contributed by atoms with E-state index in [4.69, 9.17) is 10.2 Å². The molecule has 0 saturated heterocycles. The summed E-state index contributed by atoms with van der Waals surface area (Å²) in [7, 11) is -4.28. The van der Waals surface area contributed by atoms with Crippen LogP contribution in [-0.2, 0) is 10.0 Å². The zero-order valence-corrected chi connectivity index (χ0v) is 12.1. The van der Waals surface area contributed by atoms with Crippen LogP contribution in [0.4, 0.5) is 8.78 Å². The van der Waals surface area contributed by atoms with Crippen molar-refractivity contribution in [2.24, 2.45) is 0 Å². The number of nitrogens with zero attached hydrogens (tertiary/aromatic N) is 1. The molecule has 0 atom stereocenters. The molecular weight excluding hydrogens is 348 g/mol. The van der Waals surface area contributed by atoms with E-state index < -0.39 is 39.8 Å². The lowest BCUT2D eigenvalue weighted by atomic mass is 10.3. The first kappa shape index (κ1) is 16.4. The second kappa shape index (κ2) is 6.71. The average Bonchev–Trinajstić information content (AvgIpc) is 2.26. The Kier molecular flexibility index (Phi) is 5.81. The summed E-state index contributed by atoms with van der Waals surface area (Å²) >= 11 is 2.79. The fourth-order valence-electron chi connectivity index (χ4n) is 1.48. The van der Waals surface area contributed by atoms with Crippen LogP contribution in [0.5, 0.6) is 0 Å². The van der Waals surface area contributed by atoms with Crippen molar-refractivity contribution in [3.63, 3.8) is 0 Å². The molecule has 9 heteroatoms. The highest BCUT2D eigenvalue weighted by molar-refractivity contribution is 9.10. The molecule has 1 rings (SSSR count). The first-order chi connectivity index (χ1) is 8.84. The van der Waals surface area contributed by atoms with Gasteiger partial charge < -0.3 is 10.2 Å². The largest absolute Gasteiger partial charge is 0.395 e. The number of aliphatic hydroxyl groups is 2. The molecule has 0 aromatic heterocycles. The quantitative estimate of drug-likeness (QED) is 0.783. The average molecular weight is 360 g/mol. The van der Waals surface area contributed by atoms with Crippen molar-refractivity contribution in [2.45, 2.75) is 4.90 Å². The Hall–Kier alpha value is -0.610. The summed E-state index contributed by atoms with van der Waals surface area (Å²) in [5.41, 5.74) is 0. The molecule has 0 spiro atoms. The third-order valence-corrected chi connectivity index (χ3v) is 5.12. The number of sulfonamides is 1. The monoisotopic (exact) mass is 359 g/mol. The van der Waals surface area contributed by atoms with Crippen molar-refractivity contribution < 1.29 is 27.4 Å². The predicted molar refractivity (Wildman–Crippen MR) is 67.0 cm³/mol. The standard InChI is InChI=1S/C10H12BrF2NO4S/c11-8-5-7(12)6-9(13)10(8)19(17,18)14(1-3-15)2-4-16/h5-6,15-16H,1-4H2. The van der Waals surface area contributed by atoms with Crippen molar-refractivity contribution in [1.82, 2.24) is 4.31 Å². The van der Waals surface area contributed by atoms with Gasteiger partial charge in [-0.15, -0.1) is 0 Å². The fourth-order valence-corrected chi connectivity index (χ4v) is 4.01. The Morgan fingerprint density at radius 2 is 1.68 bits per heavy atom. The van der Waals surface area contributed by atoms with Crippen LogP contribution in [0.1, 0.15) is 0 Å². The molecular formula is C10H12BrF2NO4S. The maximum absolute atomic E-state index is 13.6. The van der Waals surface area contributed by atoms with Crippen LogP contribution < -0.4 is 0 Å². The lowest BCUT2D eigenvalue weighted by Crippen LogP contribution is -2.36. The normalized spacial score (nSPS) is 12.1. The van der Waals surface area contributed by atoms with E-state index in [2.05, 4.69) is 15.9 Å². The minimum Gasteiger partial charge on any atom is -0.395 e. The van der Waals surface area contributed by atoms with Gasteiger partial charge in [0.2, 0.25) is 10.0 Å². The van der Waals surface area contributed by atoms with Gasteiger partial charge in [0, 0.05) is 23.6 Å².